The maximum Gasteiger partial charge on any atom is 0.202 e. The van der Waals surface area contributed by atoms with Crippen LogP contribution >= 0.6 is 11.5 Å². The van der Waals surface area contributed by atoms with E-state index in [1.54, 1.807) is 0 Å². The molecule has 1 aromatic heterocycles. The molecule has 4 nitrogen and oxygen atoms in total. The number of likely N-dealkylation sites (N-methyl/N-ethyl adjacent to an activating group) is 1. The summed E-state index contributed by atoms with van der Waals surface area (Å²) < 4.78 is 4.14. The van der Waals surface area contributed by atoms with E-state index in [1.807, 2.05) is 6.92 Å². The molecule has 2 rings (SSSR count). The highest BCUT2D eigenvalue weighted by molar-refractivity contribution is 7.09. The van der Waals surface area contributed by atoms with E-state index in [9.17, 15) is 0 Å². The Labute approximate surface area is 94.9 Å². The van der Waals surface area contributed by atoms with E-state index >= 15 is 0 Å². The van der Waals surface area contributed by atoms with Crippen molar-refractivity contribution in [1.82, 2.24) is 14.3 Å². The minimum atomic E-state index is 0.855. The van der Waals surface area contributed by atoms with Crippen LogP contribution in [0.2, 0.25) is 0 Å². The van der Waals surface area contributed by atoms with Crippen molar-refractivity contribution < 1.29 is 0 Å². The third-order valence-electron chi connectivity index (χ3n) is 2.67. The minimum absolute atomic E-state index is 0.855. The Morgan fingerprint density at radius 3 is 2.87 bits per heavy atom. The summed E-state index contributed by atoms with van der Waals surface area (Å²) in [5.41, 5.74) is 0. The van der Waals surface area contributed by atoms with E-state index in [0.29, 0.717) is 0 Å². The molecule has 0 amide bonds. The van der Waals surface area contributed by atoms with E-state index in [4.69, 9.17) is 0 Å². The number of hydrogen-bond acceptors (Lipinski definition) is 5. The van der Waals surface area contributed by atoms with Crippen LogP contribution in [0.25, 0.3) is 0 Å². The molecular formula is C10H18N4S. The summed E-state index contributed by atoms with van der Waals surface area (Å²) in [5, 5.41) is 4.26. The molecule has 0 saturated heterocycles. The molecule has 0 radical (unpaired) electrons. The fourth-order valence-corrected chi connectivity index (χ4v) is 2.31. The van der Waals surface area contributed by atoms with E-state index in [1.165, 1.54) is 24.4 Å². The van der Waals surface area contributed by atoms with Gasteiger partial charge in [0.2, 0.25) is 5.13 Å². The predicted molar refractivity (Wildman–Crippen MR) is 63.4 cm³/mol. The van der Waals surface area contributed by atoms with Crippen molar-refractivity contribution in [1.29, 1.82) is 0 Å². The first-order valence-electron chi connectivity index (χ1n) is 5.58. The van der Waals surface area contributed by atoms with Crippen molar-refractivity contribution in [3.8, 4) is 0 Å². The van der Waals surface area contributed by atoms with Crippen LogP contribution in [0, 0.1) is 6.92 Å². The van der Waals surface area contributed by atoms with Gasteiger partial charge in [-0.3, -0.25) is 4.90 Å². The summed E-state index contributed by atoms with van der Waals surface area (Å²) in [6, 6.07) is 0.855. The molecule has 0 unspecified atom stereocenters. The van der Waals surface area contributed by atoms with Crippen LogP contribution in [0.3, 0.4) is 0 Å². The Balaban J connectivity index is 1.69. The number of anilines is 1. The van der Waals surface area contributed by atoms with Gasteiger partial charge in [0.25, 0.3) is 0 Å². The van der Waals surface area contributed by atoms with Crippen molar-refractivity contribution in [3.05, 3.63) is 5.82 Å². The second-order valence-electron chi connectivity index (χ2n) is 3.93. The highest BCUT2D eigenvalue weighted by Crippen LogP contribution is 2.26. The van der Waals surface area contributed by atoms with Crippen LogP contribution in [-0.2, 0) is 0 Å². The Kier molecular flexibility index (Phi) is 3.53. The third-order valence-corrected chi connectivity index (χ3v) is 3.44. The summed E-state index contributed by atoms with van der Waals surface area (Å²) in [6.07, 6.45) is 2.76. The zero-order valence-electron chi connectivity index (χ0n) is 9.36. The number of aromatic nitrogens is 2. The fraction of sp³-hybridized carbons (Fsp3) is 0.800. The SMILES string of the molecule is CCN(CCNc1nc(C)ns1)C1CC1. The second kappa shape index (κ2) is 4.90. The molecule has 1 saturated carbocycles. The molecule has 1 heterocycles. The number of nitrogens with zero attached hydrogens (tertiary/aromatic N) is 3. The molecule has 1 N–H and O–H groups in total. The average molecular weight is 226 g/mol. The fourth-order valence-electron chi connectivity index (χ4n) is 1.71. The molecule has 0 atom stereocenters. The van der Waals surface area contributed by atoms with Gasteiger partial charge in [0.05, 0.1) is 0 Å². The summed E-state index contributed by atoms with van der Waals surface area (Å²) in [7, 11) is 0. The van der Waals surface area contributed by atoms with Gasteiger partial charge in [-0.25, -0.2) is 4.98 Å². The standard InChI is InChI=1S/C10H18N4S/c1-3-14(9-4-5-9)7-6-11-10-12-8(2)13-15-10/h9H,3-7H2,1-2H3,(H,11,12,13). The molecule has 0 aliphatic heterocycles. The Hall–Kier alpha value is -0.680. The van der Waals surface area contributed by atoms with E-state index in [2.05, 4.69) is 26.5 Å². The van der Waals surface area contributed by atoms with Crippen LogP contribution in [0.5, 0.6) is 0 Å². The second-order valence-corrected chi connectivity index (χ2v) is 4.69. The molecule has 0 bridgehead atoms. The van der Waals surface area contributed by atoms with Crippen LogP contribution in [0.4, 0.5) is 5.13 Å². The van der Waals surface area contributed by atoms with Gasteiger partial charge in [-0.1, -0.05) is 6.92 Å². The lowest BCUT2D eigenvalue weighted by molar-refractivity contribution is 0.289. The quantitative estimate of drug-likeness (QED) is 0.802. The van der Waals surface area contributed by atoms with E-state index < -0.39 is 0 Å². The predicted octanol–water partition coefficient (Wildman–Crippen LogP) is 1.74. The molecule has 15 heavy (non-hydrogen) atoms. The zero-order valence-corrected chi connectivity index (χ0v) is 10.2. The third kappa shape index (κ3) is 3.14. The van der Waals surface area contributed by atoms with Gasteiger partial charge in [-0.05, 0) is 26.3 Å². The smallest absolute Gasteiger partial charge is 0.202 e. The van der Waals surface area contributed by atoms with Crippen LogP contribution in [-0.4, -0.2) is 39.9 Å². The molecule has 1 fully saturated rings. The molecule has 0 spiro atoms. The van der Waals surface area contributed by atoms with E-state index in [-0.39, 0.29) is 0 Å². The Morgan fingerprint density at radius 2 is 2.33 bits per heavy atom. The molecule has 0 aromatic carbocycles. The average Bonchev–Trinajstić information content (AvgIpc) is 2.98. The van der Waals surface area contributed by atoms with Crippen LogP contribution in [0.1, 0.15) is 25.6 Å². The number of nitrogens with one attached hydrogen (secondary N) is 1. The number of rotatable bonds is 6. The Bertz CT molecular complexity index is 308. The van der Waals surface area contributed by atoms with Crippen molar-refractivity contribution in [3.63, 3.8) is 0 Å². The molecular weight excluding hydrogens is 208 g/mol. The summed E-state index contributed by atoms with van der Waals surface area (Å²) in [4.78, 5) is 6.80. The van der Waals surface area contributed by atoms with Gasteiger partial charge in [-0.15, -0.1) is 0 Å². The molecule has 1 aliphatic rings. The minimum Gasteiger partial charge on any atom is -0.359 e. The zero-order chi connectivity index (χ0) is 10.7. The normalized spacial score (nSPS) is 15.9. The van der Waals surface area contributed by atoms with E-state index in [0.717, 1.165) is 36.6 Å². The molecule has 84 valence electrons. The first-order chi connectivity index (χ1) is 7.29. The summed E-state index contributed by atoms with van der Waals surface area (Å²) in [5.74, 6) is 0.858. The highest BCUT2D eigenvalue weighted by atomic mass is 32.1. The van der Waals surface area contributed by atoms with Crippen molar-refractivity contribution in [2.75, 3.05) is 25.0 Å². The van der Waals surface area contributed by atoms with Crippen LogP contribution < -0.4 is 5.32 Å². The molecule has 1 aliphatic carbocycles. The lowest BCUT2D eigenvalue weighted by Crippen LogP contribution is -2.30. The number of aryl methyl sites for hydroxylation is 1. The first kappa shape index (κ1) is 10.8. The molecule has 1 aromatic rings. The maximum atomic E-state index is 4.27. The van der Waals surface area contributed by atoms with Gasteiger partial charge in [0, 0.05) is 30.7 Å². The Morgan fingerprint density at radius 1 is 1.53 bits per heavy atom. The summed E-state index contributed by atoms with van der Waals surface area (Å²) in [6.45, 7) is 7.39. The topological polar surface area (TPSA) is 41.0 Å². The number of hydrogen-bond donors (Lipinski definition) is 1. The molecule has 5 heteroatoms. The lowest BCUT2D eigenvalue weighted by Gasteiger charge is -2.19. The largest absolute Gasteiger partial charge is 0.359 e. The highest BCUT2D eigenvalue weighted by Gasteiger charge is 2.27. The van der Waals surface area contributed by atoms with Gasteiger partial charge in [-0.2, -0.15) is 4.37 Å². The maximum absolute atomic E-state index is 4.27. The summed E-state index contributed by atoms with van der Waals surface area (Å²) >= 11 is 1.44. The first-order valence-corrected chi connectivity index (χ1v) is 6.35. The van der Waals surface area contributed by atoms with Gasteiger partial charge < -0.3 is 5.32 Å². The lowest BCUT2D eigenvalue weighted by atomic mass is 10.4. The van der Waals surface area contributed by atoms with Crippen LogP contribution in [0.15, 0.2) is 0 Å². The van der Waals surface area contributed by atoms with Crippen molar-refractivity contribution in [2.45, 2.75) is 32.7 Å². The van der Waals surface area contributed by atoms with Crippen molar-refractivity contribution >= 4 is 16.7 Å². The monoisotopic (exact) mass is 226 g/mol. The van der Waals surface area contributed by atoms with Gasteiger partial charge >= 0.3 is 0 Å². The van der Waals surface area contributed by atoms with Crippen molar-refractivity contribution in [2.24, 2.45) is 0 Å². The van der Waals surface area contributed by atoms with Gasteiger partial charge in [0.15, 0.2) is 0 Å². The van der Waals surface area contributed by atoms with Gasteiger partial charge in [0.1, 0.15) is 5.82 Å².